The number of carbonyl (C=O) groups excluding carboxylic acids is 2. The zero-order chi connectivity index (χ0) is 15.1. The molecule has 110 valence electrons. The lowest BCUT2D eigenvalue weighted by atomic mass is 10.3. The lowest BCUT2D eigenvalue weighted by molar-refractivity contribution is -0.125. The molecular weight excluding hydrogens is 268 g/mol. The van der Waals surface area contributed by atoms with Crippen molar-refractivity contribution < 1.29 is 19.4 Å². The minimum Gasteiger partial charge on any atom is -0.383 e. The van der Waals surface area contributed by atoms with Crippen LogP contribution in [0.5, 0.6) is 0 Å². The van der Waals surface area contributed by atoms with E-state index in [2.05, 4.69) is 10.4 Å². The molecule has 0 aliphatic carbocycles. The van der Waals surface area contributed by atoms with E-state index >= 15 is 0 Å². The number of amides is 2. The molecule has 0 saturated carbocycles. The van der Waals surface area contributed by atoms with Gasteiger partial charge in [-0.2, -0.15) is 5.10 Å². The van der Waals surface area contributed by atoms with Crippen LogP contribution in [0.4, 0.5) is 0 Å². The molecule has 0 aliphatic heterocycles. The van der Waals surface area contributed by atoms with Gasteiger partial charge in [0.15, 0.2) is 0 Å². The molecule has 0 aliphatic rings. The number of carbonyl (C=O) groups is 2. The number of ether oxygens (including phenoxy) is 1. The SMILES string of the molecule is COCCn1nc(C(=O)NCC(O)C(N)=O)ccc1=O. The fraction of sp³-hybridized carbons (Fsp3) is 0.455. The highest BCUT2D eigenvalue weighted by Gasteiger charge is 2.14. The maximum Gasteiger partial charge on any atom is 0.271 e. The van der Waals surface area contributed by atoms with Crippen LogP contribution in [0, 0.1) is 0 Å². The number of rotatable bonds is 7. The Labute approximate surface area is 114 Å². The first kappa shape index (κ1) is 15.8. The van der Waals surface area contributed by atoms with E-state index in [0.29, 0.717) is 0 Å². The Morgan fingerprint density at radius 3 is 2.85 bits per heavy atom. The minimum absolute atomic E-state index is 0.0163. The standard InChI is InChI=1S/C11H16N4O5/c1-20-5-4-15-9(17)3-2-7(14-15)11(19)13-6-8(16)10(12)18/h2-3,8,16H,4-6H2,1H3,(H2,12,18)(H,13,19). The van der Waals surface area contributed by atoms with Crippen molar-refractivity contribution in [3.05, 3.63) is 28.2 Å². The highest BCUT2D eigenvalue weighted by molar-refractivity contribution is 5.92. The largest absolute Gasteiger partial charge is 0.383 e. The van der Waals surface area contributed by atoms with Gasteiger partial charge in [-0.3, -0.25) is 14.4 Å². The summed E-state index contributed by atoms with van der Waals surface area (Å²) in [6.45, 7) is 0.159. The summed E-state index contributed by atoms with van der Waals surface area (Å²) in [6.07, 6.45) is -1.47. The van der Waals surface area contributed by atoms with Gasteiger partial charge in [-0.25, -0.2) is 4.68 Å². The topological polar surface area (TPSA) is 137 Å². The Morgan fingerprint density at radius 2 is 2.25 bits per heavy atom. The fourth-order valence-corrected chi connectivity index (χ4v) is 1.29. The first-order chi connectivity index (χ1) is 9.45. The maximum atomic E-state index is 11.7. The van der Waals surface area contributed by atoms with Crippen molar-refractivity contribution in [2.24, 2.45) is 5.73 Å². The number of hydrogen-bond donors (Lipinski definition) is 3. The number of methoxy groups -OCH3 is 1. The lowest BCUT2D eigenvalue weighted by Gasteiger charge is -2.09. The molecule has 1 aromatic heterocycles. The molecular formula is C11H16N4O5. The number of aromatic nitrogens is 2. The molecule has 0 spiro atoms. The summed E-state index contributed by atoms with van der Waals surface area (Å²) in [5.74, 6) is -1.57. The summed E-state index contributed by atoms with van der Waals surface area (Å²) in [7, 11) is 1.48. The van der Waals surface area contributed by atoms with Crippen LogP contribution >= 0.6 is 0 Å². The van der Waals surface area contributed by atoms with Gasteiger partial charge < -0.3 is 20.9 Å². The van der Waals surface area contributed by atoms with Crippen molar-refractivity contribution in [3.63, 3.8) is 0 Å². The van der Waals surface area contributed by atoms with E-state index in [1.54, 1.807) is 0 Å². The monoisotopic (exact) mass is 284 g/mol. The first-order valence-corrected chi connectivity index (χ1v) is 5.78. The summed E-state index contributed by atoms with van der Waals surface area (Å²) in [4.78, 5) is 33.8. The van der Waals surface area contributed by atoms with Gasteiger partial charge in [0.1, 0.15) is 11.8 Å². The normalized spacial score (nSPS) is 11.9. The number of nitrogens with two attached hydrogens (primary N) is 1. The van der Waals surface area contributed by atoms with Crippen LogP contribution in [0.3, 0.4) is 0 Å². The highest BCUT2D eigenvalue weighted by atomic mass is 16.5. The van der Waals surface area contributed by atoms with E-state index in [1.165, 1.54) is 19.2 Å². The molecule has 0 fully saturated rings. The van der Waals surface area contributed by atoms with Crippen molar-refractivity contribution in [1.29, 1.82) is 0 Å². The van der Waals surface area contributed by atoms with Gasteiger partial charge in [-0.05, 0) is 6.07 Å². The molecule has 1 unspecified atom stereocenters. The third-order valence-electron chi connectivity index (χ3n) is 2.39. The van der Waals surface area contributed by atoms with Gasteiger partial charge in [0.05, 0.1) is 19.7 Å². The third kappa shape index (κ3) is 4.44. The van der Waals surface area contributed by atoms with Crippen LogP contribution in [0.25, 0.3) is 0 Å². The second kappa shape index (κ2) is 7.36. The van der Waals surface area contributed by atoms with E-state index in [0.717, 1.165) is 4.68 Å². The Bertz CT molecular complexity index is 542. The van der Waals surface area contributed by atoms with Gasteiger partial charge in [-0.1, -0.05) is 0 Å². The van der Waals surface area contributed by atoms with E-state index in [9.17, 15) is 14.4 Å². The number of nitrogens with zero attached hydrogens (tertiary/aromatic N) is 2. The van der Waals surface area contributed by atoms with E-state index in [1.807, 2.05) is 0 Å². The molecule has 9 heteroatoms. The molecule has 1 rings (SSSR count). The predicted octanol–water partition coefficient (Wildman–Crippen LogP) is -2.53. The van der Waals surface area contributed by atoms with Crippen molar-refractivity contribution in [3.8, 4) is 0 Å². The second-order valence-electron chi connectivity index (χ2n) is 3.90. The van der Waals surface area contributed by atoms with Gasteiger partial charge in [-0.15, -0.1) is 0 Å². The van der Waals surface area contributed by atoms with Crippen molar-refractivity contribution >= 4 is 11.8 Å². The Kier molecular flexibility index (Phi) is 5.81. The van der Waals surface area contributed by atoms with Crippen molar-refractivity contribution in [2.75, 3.05) is 20.3 Å². The summed E-state index contributed by atoms with van der Waals surface area (Å²) < 4.78 is 5.91. The highest BCUT2D eigenvalue weighted by Crippen LogP contribution is 1.91. The molecule has 0 saturated heterocycles. The molecule has 4 N–H and O–H groups in total. The summed E-state index contributed by atoms with van der Waals surface area (Å²) in [6, 6.07) is 2.44. The number of aliphatic hydroxyl groups is 1. The predicted molar refractivity (Wildman–Crippen MR) is 67.9 cm³/mol. The molecule has 20 heavy (non-hydrogen) atoms. The van der Waals surface area contributed by atoms with E-state index in [-0.39, 0.29) is 30.9 Å². The summed E-state index contributed by atoms with van der Waals surface area (Å²) >= 11 is 0. The zero-order valence-electron chi connectivity index (χ0n) is 10.9. The van der Waals surface area contributed by atoms with Gasteiger partial charge >= 0.3 is 0 Å². The van der Waals surface area contributed by atoms with Gasteiger partial charge in [0.25, 0.3) is 11.5 Å². The van der Waals surface area contributed by atoms with Crippen molar-refractivity contribution in [2.45, 2.75) is 12.6 Å². The zero-order valence-corrected chi connectivity index (χ0v) is 10.9. The van der Waals surface area contributed by atoms with Crippen LogP contribution in [0.15, 0.2) is 16.9 Å². The Morgan fingerprint density at radius 1 is 1.55 bits per heavy atom. The average molecular weight is 284 g/mol. The quantitative estimate of drug-likeness (QED) is 0.505. The third-order valence-corrected chi connectivity index (χ3v) is 2.39. The minimum atomic E-state index is -1.47. The van der Waals surface area contributed by atoms with Gasteiger partial charge in [0.2, 0.25) is 5.91 Å². The summed E-state index contributed by atoms with van der Waals surface area (Å²) in [5, 5.41) is 15.3. The second-order valence-corrected chi connectivity index (χ2v) is 3.90. The van der Waals surface area contributed by atoms with E-state index in [4.69, 9.17) is 15.6 Å². The molecule has 0 radical (unpaired) electrons. The Hall–Kier alpha value is -2.26. The number of nitrogens with one attached hydrogen (secondary N) is 1. The van der Waals surface area contributed by atoms with Crippen molar-refractivity contribution in [1.82, 2.24) is 15.1 Å². The number of aliphatic hydroxyl groups excluding tert-OH is 1. The molecule has 9 nitrogen and oxygen atoms in total. The van der Waals surface area contributed by atoms with Crippen LogP contribution < -0.4 is 16.6 Å². The van der Waals surface area contributed by atoms with Crippen LogP contribution in [0.1, 0.15) is 10.5 Å². The summed E-state index contributed by atoms with van der Waals surface area (Å²) in [5.41, 5.74) is 4.46. The van der Waals surface area contributed by atoms with Crippen LogP contribution in [-0.2, 0) is 16.1 Å². The van der Waals surface area contributed by atoms with Crippen LogP contribution in [0.2, 0.25) is 0 Å². The smallest absolute Gasteiger partial charge is 0.271 e. The molecule has 2 amide bonds. The Balaban J connectivity index is 2.73. The average Bonchev–Trinajstić information content (AvgIpc) is 2.43. The molecule has 1 aromatic rings. The van der Waals surface area contributed by atoms with Gasteiger partial charge in [0, 0.05) is 13.2 Å². The lowest BCUT2D eigenvalue weighted by Crippen LogP contribution is -2.40. The van der Waals surface area contributed by atoms with Crippen LogP contribution in [-0.4, -0.2) is 53.1 Å². The molecule has 0 bridgehead atoms. The first-order valence-electron chi connectivity index (χ1n) is 5.78. The number of primary amides is 1. The fourth-order valence-electron chi connectivity index (χ4n) is 1.29. The molecule has 0 aromatic carbocycles. The molecule has 1 atom stereocenters. The van der Waals surface area contributed by atoms with E-state index < -0.39 is 17.9 Å². The number of hydrogen-bond acceptors (Lipinski definition) is 6. The maximum absolute atomic E-state index is 11.7. The molecule has 1 heterocycles.